The van der Waals surface area contributed by atoms with Crippen molar-refractivity contribution in [3.05, 3.63) is 11.9 Å². The van der Waals surface area contributed by atoms with Crippen LogP contribution in [0.15, 0.2) is 11.9 Å². The number of rotatable bonds is 2. The van der Waals surface area contributed by atoms with E-state index in [1.807, 2.05) is 6.92 Å². The molecular formula is C5H12BrN3. The Morgan fingerprint density at radius 3 is 2.22 bits per heavy atom. The Kier molecular flexibility index (Phi) is 3.65. The number of hydrogen-bond donors (Lipinski definition) is 2. The van der Waals surface area contributed by atoms with Gasteiger partial charge in [-0.05, 0) is 6.92 Å². The van der Waals surface area contributed by atoms with Crippen LogP contribution >= 0.6 is 15.9 Å². The van der Waals surface area contributed by atoms with Crippen molar-refractivity contribution < 1.29 is 0 Å². The van der Waals surface area contributed by atoms with Crippen LogP contribution in [0.4, 0.5) is 0 Å². The minimum absolute atomic E-state index is 0.206. The van der Waals surface area contributed by atoms with Crippen molar-refractivity contribution in [1.29, 1.82) is 0 Å². The van der Waals surface area contributed by atoms with Crippen LogP contribution in [0.2, 0.25) is 0 Å². The standard InChI is InChI=1S/C5H12BrN3/c1-4(6)5(3-7)9(2)8/h3-4H,7-8H2,1-2H3/b5-3-. The highest BCUT2D eigenvalue weighted by Crippen LogP contribution is 2.09. The van der Waals surface area contributed by atoms with Crippen LogP contribution in [-0.2, 0) is 0 Å². The number of hydrazine groups is 1. The third-order valence-corrected chi connectivity index (χ3v) is 1.45. The Morgan fingerprint density at radius 2 is 2.22 bits per heavy atom. The number of nitrogens with zero attached hydrogens (tertiary/aromatic N) is 1. The maximum atomic E-state index is 5.40. The van der Waals surface area contributed by atoms with Crippen LogP contribution in [0, 0.1) is 0 Å². The molecule has 0 aromatic heterocycles. The summed E-state index contributed by atoms with van der Waals surface area (Å²) in [6, 6.07) is 0. The Labute approximate surface area is 63.8 Å². The second kappa shape index (κ2) is 3.74. The van der Waals surface area contributed by atoms with Gasteiger partial charge < -0.3 is 10.7 Å². The van der Waals surface area contributed by atoms with Crippen LogP contribution in [0.25, 0.3) is 0 Å². The van der Waals surface area contributed by atoms with E-state index < -0.39 is 0 Å². The number of halogens is 1. The van der Waals surface area contributed by atoms with Gasteiger partial charge in [0.2, 0.25) is 0 Å². The Hall–Kier alpha value is -0.220. The van der Waals surface area contributed by atoms with Gasteiger partial charge in [0.15, 0.2) is 0 Å². The summed E-state index contributed by atoms with van der Waals surface area (Å²) in [4.78, 5) is 0.206. The van der Waals surface area contributed by atoms with E-state index in [1.54, 1.807) is 7.05 Å². The van der Waals surface area contributed by atoms with Gasteiger partial charge in [-0.1, -0.05) is 15.9 Å². The lowest BCUT2D eigenvalue weighted by atomic mass is 10.3. The van der Waals surface area contributed by atoms with Crippen molar-refractivity contribution in [2.24, 2.45) is 11.6 Å². The molecular weight excluding hydrogens is 182 g/mol. The van der Waals surface area contributed by atoms with Crippen molar-refractivity contribution in [2.45, 2.75) is 11.8 Å². The highest BCUT2D eigenvalue weighted by Gasteiger charge is 2.04. The molecule has 0 saturated heterocycles. The normalized spacial score (nSPS) is 15.3. The molecule has 0 aromatic carbocycles. The maximum absolute atomic E-state index is 5.40. The van der Waals surface area contributed by atoms with Crippen molar-refractivity contribution in [1.82, 2.24) is 5.01 Å². The number of allylic oxidation sites excluding steroid dienone is 1. The molecule has 4 heteroatoms. The van der Waals surface area contributed by atoms with Gasteiger partial charge in [0.05, 0.1) is 10.5 Å². The quantitative estimate of drug-likeness (QED) is 0.379. The molecule has 0 aliphatic rings. The second-order valence-electron chi connectivity index (χ2n) is 1.82. The average Bonchev–Trinajstić information content (AvgIpc) is 1.64. The van der Waals surface area contributed by atoms with Gasteiger partial charge in [0.1, 0.15) is 0 Å². The zero-order valence-corrected chi connectivity index (χ0v) is 7.22. The summed E-state index contributed by atoms with van der Waals surface area (Å²) in [7, 11) is 1.75. The molecule has 1 atom stereocenters. The smallest absolute Gasteiger partial charge is 0.0576 e. The lowest BCUT2D eigenvalue weighted by molar-refractivity contribution is 0.429. The predicted molar refractivity (Wildman–Crippen MR) is 42.6 cm³/mol. The van der Waals surface area contributed by atoms with Gasteiger partial charge in [-0.25, -0.2) is 5.84 Å². The van der Waals surface area contributed by atoms with Crippen LogP contribution in [-0.4, -0.2) is 16.9 Å². The Balaban J connectivity index is 4.01. The molecule has 0 rings (SSSR count). The molecule has 9 heavy (non-hydrogen) atoms. The molecule has 0 amide bonds. The summed E-state index contributed by atoms with van der Waals surface area (Å²) in [5.41, 5.74) is 6.13. The first-order chi connectivity index (χ1) is 4.09. The summed E-state index contributed by atoms with van der Waals surface area (Å²) in [6.07, 6.45) is 1.49. The molecule has 0 aliphatic heterocycles. The van der Waals surface area contributed by atoms with Gasteiger partial charge in [-0.15, -0.1) is 0 Å². The molecule has 3 nitrogen and oxygen atoms in total. The lowest BCUT2D eigenvalue weighted by Crippen LogP contribution is -2.29. The maximum Gasteiger partial charge on any atom is 0.0576 e. The van der Waals surface area contributed by atoms with Gasteiger partial charge in [0, 0.05) is 13.2 Å². The lowest BCUT2D eigenvalue weighted by Gasteiger charge is -2.17. The van der Waals surface area contributed by atoms with Gasteiger partial charge in [-0.2, -0.15) is 0 Å². The average molecular weight is 194 g/mol. The van der Waals surface area contributed by atoms with Crippen molar-refractivity contribution in [3.8, 4) is 0 Å². The highest BCUT2D eigenvalue weighted by atomic mass is 79.9. The molecule has 0 aliphatic carbocycles. The van der Waals surface area contributed by atoms with Crippen LogP contribution in [0.3, 0.4) is 0 Å². The summed E-state index contributed by atoms with van der Waals surface area (Å²) >= 11 is 3.33. The molecule has 0 fully saturated rings. The first-order valence-electron chi connectivity index (χ1n) is 2.64. The van der Waals surface area contributed by atoms with E-state index in [4.69, 9.17) is 11.6 Å². The predicted octanol–water partition coefficient (Wildman–Crippen LogP) is 0.375. The summed E-state index contributed by atoms with van der Waals surface area (Å²) in [5.74, 6) is 5.40. The molecule has 0 aromatic rings. The molecule has 0 radical (unpaired) electrons. The van der Waals surface area contributed by atoms with Crippen molar-refractivity contribution in [3.63, 3.8) is 0 Å². The molecule has 0 heterocycles. The van der Waals surface area contributed by atoms with Crippen molar-refractivity contribution in [2.75, 3.05) is 7.05 Å². The first kappa shape index (κ1) is 8.78. The summed E-state index contributed by atoms with van der Waals surface area (Å²) < 4.78 is 0. The fourth-order valence-electron chi connectivity index (χ4n) is 0.531. The SMILES string of the molecule is CC(Br)/C(=C/N)N(C)N. The number of alkyl halides is 1. The Bertz CT molecular complexity index is 98.8. The zero-order chi connectivity index (χ0) is 7.44. The molecule has 54 valence electrons. The fraction of sp³-hybridized carbons (Fsp3) is 0.600. The largest absolute Gasteiger partial charge is 0.403 e. The molecule has 0 bridgehead atoms. The third-order valence-electron chi connectivity index (χ3n) is 0.986. The van der Waals surface area contributed by atoms with E-state index in [0.29, 0.717) is 0 Å². The summed E-state index contributed by atoms with van der Waals surface area (Å²) in [6.45, 7) is 1.96. The number of nitrogens with two attached hydrogens (primary N) is 2. The van der Waals surface area contributed by atoms with Crippen LogP contribution < -0.4 is 11.6 Å². The highest BCUT2D eigenvalue weighted by molar-refractivity contribution is 9.09. The van der Waals surface area contributed by atoms with Gasteiger partial charge in [0.25, 0.3) is 0 Å². The third kappa shape index (κ3) is 2.72. The minimum atomic E-state index is 0.206. The first-order valence-corrected chi connectivity index (χ1v) is 3.55. The fourth-order valence-corrected chi connectivity index (χ4v) is 1.01. The van der Waals surface area contributed by atoms with E-state index >= 15 is 0 Å². The van der Waals surface area contributed by atoms with Crippen LogP contribution in [0.1, 0.15) is 6.92 Å². The topological polar surface area (TPSA) is 55.3 Å². The van der Waals surface area contributed by atoms with Crippen LogP contribution in [0.5, 0.6) is 0 Å². The zero-order valence-electron chi connectivity index (χ0n) is 5.63. The number of hydrogen-bond acceptors (Lipinski definition) is 3. The van der Waals surface area contributed by atoms with Gasteiger partial charge >= 0.3 is 0 Å². The van der Waals surface area contributed by atoms with E-state index in [2.05, 4.69) is 15.9 Å². The Morgan fingerprint density at radius 1 is 1.78 bits per heavy atom. The molecule has 4 N–H and O–H groups in total. The van der Waals surface area contributed by atoms with Gasteiger partial charge in [-0.3, -0.25) is 0 Å². The minimum Gasteiger partial charge on any atom is -0.403 e. The van der Waals surface area contributed by atoms with E-state index in [-0.39, 0.29) is 4.83 Å². The monoisotopic (exact) mass is 193 g/mol. The molecule has 0 spiro atoms. The van der Waals surface area contributed by atoms with E-state index in [0.717, 1.165) is 5.70 Å². The molecule has 0 saturated carbocycles. The van der Waals surface area contributed by atoms with E-state index in [1.165, 1.54) is 11.2 Å². The summed E-state index contributed by atoms with van der Waals surface area (Å²) in [5, 5.41) is 1.49. The molecule has 1 unspecified atom stereocenters. The second-order valence-corrected chi connectivity index (χ2v) is 3.19. The van der Waals surface area contributed by atoms with E-state index in [9.17, 15) is 0 Å². The van der Waals surface area contributed by atoms with Crippen molar-refractivity contribution >= 4 is 15.9 Å².